The predicted molar refractivity (Wildman–Crippen MR) is 174 cm³/mol. The average Bonchev–Trinajstić information content (AvgIpc) is 3.01. The van der Waals surface area contributed by atoms with Gasteiger partial charge >= 0.3 is 11.9 Å². The van der Waals surface area contributed by atoms with Gasteiger partial charge in [-0.15, -0.1) is 0 Å². The Labute approximate surface area is 264 Å². The normalized spacial score (nSPS) is 26.9. The summed E-state index contributed by atoms with van der Waals surface area (Å²) in [5.74, 6) is -2.10. The van der Waals surface area contributed by atoms with Crippen molar-refractivity contribution >= 4 is 5.97 Å². The van der Waals surface area contributed by atoms with E-state index in [-0.39, 0.29) is 31.0 Å². The molecule has 0 aromatic rings. The summed E-state index contributed by atoms with van der Waals surface area (Å²) < 4.78 is 32.9. The monoisotopic (exact) mass is 606 g/mol. The molecule has 3 fully saturated rings. The van der Waals surface area contributed by atoms with Crippen molar-refractivity contribution in [1.82, 2.24) is 0 Å². The molecule has 0 spiro atoms. The second-order valence-corrected chi connectivity index (χ2v) is 13.5. The van der Waals surface area contributed by atoms with Crippen LogP contribution in [-0.2, 0) is 28.5 Å². The van der Waals surface area contributed by atoms with Gasteiger partial charge in [0, 0.05) is 19.1 Å². The molecule has 3 rings (SSSR count). The fourth-order valence-corrected chi connectivity index (χ4v) is 7.22. The van der Waals surface area contributed by atoms with E-state index in [0.29, 0.717) is 6.61 Å². The summed E-state index contributed by atoms with van der Waals surface area (Å²) in [7, 11) is 0. The van der Waals surface area contributed by atoms with Crippen molar-refractivity contribution in [2.24, 2.45) is 0 Å². The first-order valence-electron chi connectivity index (χ1n) is 18.6. The van der Waals surface area contributed by atoms with Crippen LogP contribution in [0.4, 0.5) is 0 Å². The van der Waals surface area contributed by atoms with Crippen LogP contribution in [0.5, 0.6) is 0 Å². The molecule has 0 saturated heterocycles. The van der Waals surface area contributed by atoms with E-state index in [1.807, 2.05) is 0 Å². The summed E-state index contributed by atoms with van der Waals surface area (Å²) in [5, 5.41) is 0. The Morgan fingerprint density at radius 2 is 0.977 bits per heavy atom. The van der Waals surface area contributed by atoms with Crippen molar-refractivity contribution in [3.05, 3.63) is 12.7 Å². The summed E-state index contributed by atoms with van der Waals surface area (Å²) in [6.07, 6.45) is 31.3. The highest BCUT2D eigenvalue weighted by molar-refractivity contribution is 5.81. The number of hydrogen-bond donors (Lipinski definition) is 0. The molecule has 6 nitrogen and oxygen atoms in total. The molecule has 3 atom stereocenters. The van der Waals surface area contributed by atoms with Gasteiger partial charge in [0.05, 0.1) is 24.4 Å². The zero-order valence-electron chi connectivity index (χ0n) is 27.8. The molecule has 3 unspecified atom stereocenters. The Bertz CT molecular complexity index is 708. The van der Waals surface area contributed by atoms with E-state index in [0.717, 1.165) is 64.2 Å². The Balaban J connectivity index is 1.86. The fourth-order valence-electron chi connectivity index (χ4n) is 7.22. The van der Waals surface area contributed by atoms with E-state index in [1.54, 1.807) is 0 Å². The highest BCUT2D eigenvalue weighted by Crippen LogP contribution is 2.32. The first-order chi connectivity index (χ1) is 21.1. The number of rotatable bonds is 11. The molecule has 3 aliphatic rings. The molecule has 0 N–H and O–H groups in total. The highest BCUT2D eigenvalue weighted by Gasteiger charge is 2.43. The SMILES string of the molecule is C=CC(=O)OC(COC1CCCCCCCCC1)(OC1CCCCCCCCC1)OC1CCCCCCCC(OCC)C1. The molecule has 6 heteroatoms. The maximum Gasteiger partial charge on any atom is 0.354 e. The third kappa shape index (κ3) is 15.7. The standard InChI is InChI=1S/C37H66O6/c1-3-36(38)43-37(41-33-26-20-14-9-6-10-15-21-27-33,31-40-32-24-18-12-7-5-8-13-19-25-32)42-35-29-23-17-11-16-22-28-34(30-35)39-4-2/h3,32-35H,1,4-31H2,2H3. The number of ether oxygens (including phenoxy) is 5. The smallest absolute Gasteiger partial charge is 0.354 e. The maximum atomic E-state index is 13.0. The molecule has 0 amide bonds. The lowest BCUT2D eigenvalue weighted by molar-refractivity contribution is -0.406. The molecule has 0 aliphatic heterocycles. The quantitative estimate of drug-likeness (QED) is 0.132. The van der Waals surface area contributed by atoms with E-state index in [1.165, 1.54) is 109 Å². The lowest BCUT2D eigenvalue weighted by Crippen LogP contribution is -2.51. The predicted octanol–water partition coefficient (Wildman–Crippen LogP) is 10.1. The molecule has 250 valence electrons. The molecule has 0 aromatic carbocycles. The third-order valence-corrected chi connectivity index (χ3v) is 9.70. The van der Waals surface area contributed by atoms with Gasteiger partial charge in [0.15, 0.2) is 0 Å². The molecule has 3 aliphatic carbocycles. The summed E-state index contributed by atoms with van der Waals surface area (Å²) >= 11 is 0. The minimum atomic E-state index is -1.58. The van der Waals surface area contributed by atoms with E-state index in [9.17, 15) is 4.79 Å². The topological polar surface area (TPSA) is 63.2 Å². The van der Waals surface area contributed by atoms with E-state index in [2.05, 4.69) is 13.5 Å². The molecular weight excluding hydrogens is 540 g/mol. The van der Waals surface area contributed by atoms with Crippen LogP contribution in [0.1, 0.15) is 174 Å². The van der Waals surface area contributed by atoms with Crippen LogP contribution in [0, 0.1) is 0 Å². The minimum Gasteiger partial charge on any atom is -0.402 e. The minimum absolute atomic E-state index is 0.0365. The van der Waals surface area contributed by atoms with E-state index in [4.69, 9.17) is 23.7 Å². The maximum absolute atomic E-state index is 13.0. The van der Waals surface area contributed by atoms with Crippen LogP contribution in [0.2, 0.25) is 0 Å². The van der Waals surface area contributed by atoms with Crippen LogP contribution in [0.15, 0.2) is 12.7 Å². The third-order valence-electron chi connectivity index (χ3n) is 9.70. The Hall–Kier alpha value is -0.950. The molecule has 3 saturated carbocycles. The van der Waals surface area contributed by atoms with Gasteiger partial charge in [-0.25, -0.2) is 4.79 Å². The van der Waals surface area contributed by atoms with Gasteiger partial charge in [-0.1, -0.05) is 129 Å². The van der Waals surface area contributed by atoms with Gasteiger partial charge in [-0.05, 0) is 45.4 Å². The van der Waals surface area contributed by atoms with Gasteiger partial charge in [0.2, 0.25) is 0 Å². The molecule has 0 radical (unpaired) electrons. The van der Waals surface area contributed by atoms with Crippen LogP contribution < -0.4 is 0 Å². The molecular formula is C37H66O6. The first kappa shape index (κ1) is 36.5. The van der Waals surface area contributed by atoms with Gasteiger partial charge < -0.3 is 23.7 Å². The highest BCUT2D eigenvalue weighted by atomic mass is 16.9. The lowest BCUT2D eigenvalue weighted by Gasteiger charge is -2.39. The fraction of sp³-hybridized carbons (Fsp3) is 0.919. The zero-order valence-corrected chi connectivity index (χ0v) is 27.8. The number of esters is 1. The van der Waals surface area contributed by atoms with Crippen molar-refractivity contribution in [2.75, 3.05) is 13.2 Å². The number of carbonyl (C=O) groups excluding carboxylic acids is 1. The number of carbonyl (C=O) groups is 1. The summed E-state index contributed by atoms with van der Waals surface area (Å²) in [4.78, 5) is 13.0. The Kier molecular flexibility index (Phi) is 19.1. The van der Waals surface area contributed by atoms with Crippen molar-refractivity contribution in [2.45, 2.75) is 204 Å². The Morgan fingerprint density at radius 3 is 1.44 bits per heavy atom. The van der Waals surface area contributed by atoms with Crippen molar-refractivity contribution < 1.29 is 28.5 Å². The van der Waals surface area contributed by atoms with E-state index < -0.39 is 11.9 Å². The van der Waals surface area contributed by atoms with Crippen LogP contribution in [-0.4, -0.2) is 49.6 Å². The summed E-state index contributed by atoms with van der Waals surface area (Å²) in [6, 6.07) is 0. The van der Waals surface area contributed by atoms with Crippen molar-refractivity contribution in [3.63, 3.8) is 0 Å². The summed E-state index contributed by atoms with van der Waals surface area (Å²) in [5.41, 5.74) is 0. The van der Waals surface area contributed by atoms with Gasteiger partial charge in [0.1, 0.15) is 6.61 Å². The second-order valence-electron chi connectivity index (χ2n) is 13.5. The Morgan fingerprint density at radius 1 is 0.581 bits per heavy atom. The van der Waals surface area contributed by atoms with E-state index >= 15 is 0 Å². The van der Waals surface area contributed by atoms with Crippen LogP contribution >= 0.6 is 0 Å². The first-order valence-corrected chi connectivity index (χ1v) is 18.6. The van der Waals surface area contributed by atoms with Crippen LogP contribution in [0.3, 0.4) is 0 Å². The number of hydrogen-bond acceptors (Lipinski definition) is 6. The largest absolute Gasteiger partial charge is 0.402 e. The van der Waals surface area contributed by atoms with Gasteiger partial charge in [0.25, 0.3) is 0 Å². The van der Waals surface area contributed by atoms with Gasteiger partial charge in [-0.2, -0.15) is 0 Å². The zero-order chi connectivity index (χ0) is 30.4. The van der Waals surface area contributed by atoms with Gasteiger partial charge in [-0.3, -0.25) is 0 Å². The molecule has 0 heterocycles. The molecule has 0 aromatic heterocycles. The lowest BCUT2D eigenvalue weighted by atomic mass is 9.97. The average molecular weight is 607 g/mol. The second kappa shape index (κ2) is 22.5. The molecule has 0 bridgehead atoms. The van der Waals surface area contributed by atoms with Crippen molar-refractivity contribution in [1.29, 1.82) is 0 Å². The van der Waals surface area contributed by atoms with Crippen LogP contribution in [0.25, 0.3) is 0 Å². The molecule has 43 heavy (non-hydrogen) atoms. The van der Waals surface area contributed by atoms with Crippen molar-refractivity contribution in [3.8, 4) is 0 Å². The summed E-state index contributed by atoms with van der Waals surface area (Å²) in [6.45, 7) is 6.58.